The molecule has 1 aliphatic heterocycles. The summed E-state index contributed by atoms with van der Waals surface area (Å²) in [7, 11) is 0. The number of nitrogens with one attached hydrogen (secondary N) is 1. The van der Waals surface area contributed by atoms with Crippen molar-refractivity contribution in [1.29, 1.82) is 0 Å². The molecule has 1 saturated heterocycles. The number of amides is 1. The lowest BCUT2D eigenvalue weighted by Crippen LogP contribution is -2.29. The molecule has 2 heterocycles. The normalized spacial score (nSPS) is 15.1. The summed E-state index contributed by atoms with van der Waals surface area (Å²) >= 11 is 0. The van der Waals surface area contributed by atoms with E-state index >= 15 is 0 Å². The fourth-order valence-electron chi connectivity index (χ4n) is 2.98. The van der Waals surface area contributed by atoms with E-state index in [0.717, 1.165) is 24.8 Å². The standard InChI is InChI=1S/C18H22N2O3/c21-17(19-9-3-4-10-20-11-5-6-12-20)15-13-14-7-1-2-8-16(14)23-18(15)22/h1-2,7-8,13H,3-6,9-12H2,(H,19,21). The molecule has 5 heteroatoms. The summed E-state index contributed by atoms with van der Waals surface area (Å²) in [6, 6.07) is 8.79. The highest BCUT2D eigenvalue weighted by Crippen LogP contribution is 2.12. The molecule has 1 amide bonds. The van der Waals surface area contributed by atoms with Crippen LogP contribution in [0.15, 0.2) is 39.5 Å². The van der Waals surface area contributed by atoms with Gasteiger partial charge in [0.15, 0.2) is 0 Å². The maximum absolute atomic E-state index is 12.1. The van der Waals surface area contributed by atoms with Gasteiger partial charge in [-0.15, -0.1) is 0 Å². The summed E-state index contributed by atoms with van der Waals surface area (Å²) in [6.45, 7) is 4.07. The van der Waals surface area contributed by atoms with Crippen molar-refractivity contribution in [1.82, 2.24) is 10.2 Å². The van der Waals surface area contributed by atoms with Gasteiger partial charge in [0, 0.05) is 11.9 Å². The van der Waals surface area contributed by atoms with Crippen LogP contribution in [-0.2, 0) is 0 Å². The van der Waals surface area contributed by atoms with Crippen LogP contribution in [-0.4, -0.2) is 37.0 Å². The lowest BCUT2D eigenvalue weighted by atomic mass is 10.2. The van der Waals surface area contributed by atoms with Crippen LogP contribution in [0.4, 0.5) is 0 Å². The highest BCUT2D eigenvalue weighted by atomic mass is 16.4. The van der Waals surface area contributed by atoms with E-state index in [1.54, 1.807) is 18.2 Å². The number of hydrogen-bond acceptors (Lipinski definition) is 4. The third kappa shape index (κ3) is 3.99. The second kappa shape index (κ2) is 7.42. The van der Waals surface area contributed by atoms with Crippen molar-refractivity contribution in [3.05, 3.63) is 46.3 Å². The first-order valence-corrected chi connectivity index (χ1v) is 8.27. The number of unbranched alkanes of at least 4 members (excludes halogenated alkanes) is 1. The summed E-state index contributed by atoms with van der Waals surface area (Å²) in [5.41, 5.74) is -0.0128. The molecule has 1 N–H and O–H groups in total. The molecule has 23 heavy (non-hydrogen) atoms. The minimum atomic E-state index is -0.585. The molecule has 5 nitrogen and oxygen atoms in total. The Morgan fingerprint density at radius 2 is 1.96 bits per heavy atom. The lowest BCUT2D eigenvalue weighted by Gasteiger charge is -2.13. The molecule has 1 aliphatic rings. The molecular formula is C18H22N2O3. The number of fused-ring (bicyclic) bond motifs is 1. The van der Waals surface area contributed by atoms with Crippen LogP contribution in [0.3, 0.4) is 0 Å². The highest BCUT2D eigenvalue weighted by Gasteiger charge is 2.13. The first-order valence-electron chi connectivity index (χ1n) is 8.27. The number of rotatable bonds is 6. The number of likely N-dealkylation sites (tertiary alicyclic amines) is 1. The third-order valence-electron chi connectivity index (χ3n) is 4.27. The number of hydrogen-bond donors (Lipinski definition) is 1. The second-order valence-electron chi connectivity index (χ2n) is 6.00. The van der Waals surface area contributed by atoms with Crippen molar-refractivity contribution in [2.45, 2.75) is 25.7 Å². The fraction of sp³-hybridized carbons (Fsp3) is 0.444. The molecule has 0 atom stereocenters. The summed E-state index contributed by atoms with van der Waals surface area (Å²) in [5, 5.41) is 3.57. The first kappa shape index (κ1) is 15.7. The van der Waals surface area contributed by atoms with Gasteiger partial charge in [0.05, 0.1) is 0 Å². The fourth-order valence-corrected chi connectivity index (χ4v) is 2.98. The maximum atomic E-state index is 12.1. The minimum Gasteiger partial charge on any atom is -0.422 e. The van der Waals surface area contributed by atoms with E-state index < -0.39 is 5.63 Å². The number of benzene rings is 1. The Morgan fingerprint density at radius 3 is 2.78 bits per heavy atom. The van der Waals surface area contributed by atoms with E-state index in [-0.39, 0.29) is 11.5 Å². The summed E-state index contributed by atoms with van der Waals surface area (Å²) in [5.74, 6) is -0.356. The molecule has 0 radical (unpaired) electrons. The van der Waals surface area contributed by atoms with Crippen molar-refractivity contribution in [2.75, 3.05) is 26.2 Å². The maximum Gasteiger partial charge on any atom is 0.349 e. The van der Waals surface area contributed by atoms with Crippen molar-refractivity contribution in [3.8, 4) is 0 Å². The van der Waals surface area contributed by atoms with Crippen molar-refractivity contribution >= 4 is 16.9 Å². The lowest BCUT2D eigenvalue weighted by molar-refractivity contribution is 0.0949. The largest absolute Gasteiger partial charge is 0.422 e. The Bertz CT molecular complexity index is 732. The molecule has 122 valence electrons. The van der Waals surface area contributed by atoms with Crippen LogP contribution < -0.4 is 10.9 Å². The van der Waals surface area contributed by atoms with Crippen LogP contribution in [0, 0.1) is 0 Å². The summed E-state index contributed by atoms with van der Waals surface area (Å²) in [4.78, 5) is 26.5. The number of nitrogens with zero attached hydrogens (tertiary/aromatic N) is 1. The molecule has 3 rings (SSSR count). The zero-order chi connectivity index (χ0) is 16.1. The minimum absolute atomic E-state index is 0.0724. The molecule has 1 fully saturated rings. The van der Waals surface area contributed by atoms with Gasteiger partial charge in [-0.05, 0) is 57.5 Å². The van der Waals surface area contributed by atoms with E-state index in [4.69, 9.17) is 4.42 Å². The Morgan fingerprint density at radius 1 is 1.17 bits per heavy atom. The number of carbonyl (C=O) groups is 1. The average molecular weight is 314 g/mol. The number of carbonyl (C=O) groups excluding carboxylic acids is 1. The van der Waals surface area contributed by atoms with Crippen molar-refractivity contribution < 1.29 is 9.21 Å². The van der Waals surface area contributed by atoms with Gasteiger partial charge in [0.25, 0.3) is 5.91 Å². The van der Waals surface area contributed by atoms with Gasteiger partial charge < -0.3 is 14.6 Å². The van der Waals surface area contributed by atoms with Gasteiger partial charge >= 0.3 is 5.63 Å². The number of para-hydroxylation sites is 1. The summed E-state index contributed by atoms with van der Waals surface area (Å²) in [6.07, 6.45) is 4.58. The van der Waals surface area contributed by atoms with Gasteiger partial charge in [-0.25, -0.2) is 4.79 Å². The quantitative estimate of drug-likeness (QED) is 0.657. The van der Waals surface area contributed by atoms with Crippen LogP contribution in [0.1, 0.15) is 36.0 Å². The van der Waals surface area contributed by atoms with Gasteiger partial charge in [-0.3, -0.25) is 4.79 Å². The highest BCUT2D eigenvalue weighted by molar-refractivity contribution is 5.96. The topological polar surface area (TPSA) is 62.6 Å². The van der Waals surface area contributed by atoms with E-state index in [2.05, 4.69) is 10.2 Å². The van der Waals surface area contributed by atoms with Crippen LogP contribution in [0.2, 0.25) is 0 Å². The zero-order valence-corrected chi connectivity index (χ0v) is 13.2. The molecule has 0 bridgehead atoms. The molecule has 1 aromatic heterocycles. The van der Waals surface area contributed by atoms with Gasteiger partial charge in [0.1, 0.15) is 11.1 Å². The van der Waals surface area contributed by atoms with E-state index in [1.807, 2.05) is 12.1 Å². The van der Waals surface area contributed by atoms with E-state index in [1.165, 1.54) is 25.9 Å². The molecule has 0 unspecified atom stereocenters. The van der Waals surface area contributed by atoms with Crippen LogP contribution >= 0.6 is 0 Å². The Hall–Kier alpha value is -2.14. The van der Waals surface area contributed by atoms with Crippen molar-refractivity contribution in [3.63, 3.8) is 0 Å². The predicted octanol–water partition coefficient (Wildman–Crippen LogP) is 2.40. The average Bonchev–Trinajstić information content (AvgIpc) is 3.07. The van der Waals surface area contributed by atoms with E-state index in [9.17, 15) is 9.59 Å². The molecule has 2 aromatic rings. The molecule has 0 saturated carbocycles. The Balaban J connectivity index is 1.51. The summed E-state index contributed by atoms with van der Waals surface area (Å²) < 4.78 is 5.19. The van der Waals surface area contributed by atoms with Crippen molar-refractivity contribution in [2.24, 2.45) is 0 Å². The monoisotopic (exact) mass is 314 g/mol. The first-order chi connectivity index (χ1) is 11.2. The van der Waals surface area contributed by atoms with E-state index in [0.29, 0.717) is 12.1 Å². The van der Waals surface area contributed by atoms with Crippen LogP contribution in [0.5, 0.6) is 0 Å². The molecule has 0 aliphatic carbocycles. The van der Waals surface area contributed by atoms with Gasteiger partial charge in [-0.2, -0.15) is 0 Å². The smallest absolute Gasteiger partial charge is 0.349 e. The Labute approximate surface area is 135 Å². The van der Waals surface area contributed by atoms with Gasteiger partial charge in [-0.1, -0.05) is 18.2 Å². The second-order valence-corrected chi connectivity index (χ2v) is 6.00. The zero-order valence-electron chi connectivity index (χ0n) is 13.2. The predicted molar refractivity (Wildman–Crippen MR) is 89.7 cm³/mol. The van der Waals surface area contributed by atoms with Gasteiger partial charge in [0.2, 0.25) is 0 Å². The molecule has 1 aromatic carbocycles. The Kier molecular flexibility index (Phi) is 5.08. The van der Waals surface area contributed by atoms with Crippen LogP contribution in [0.25, 0.3) is 11.0 Å². The SMILES string of the molecule is O=C(NCCCCN1CCCC1)c1cc2ccccc2oc1=O. The molecular weight excluding hydrogens is 292 g/mol. The molecule has 0 spiro atoms. The third-order valence-corrected chi connectivity index (χ3v) is 4.27.